The van der Waals surface area contributed by atoms with Crippen LogP contribution in [0.3, 0.4) is 0 Å². The van der Waals surface area contributed by atoms with E-state index in [2.05, 4.69) is 11.7 Å². The Kier molecular flexibility index (Phi) is 6.99. The zero-order valence-corrected chi connectivity index (χ0v) is 21.3. The van der Waals surface area contributed by atoms with E-state index in [1.54, 1.807) is 60.7 Å². The van der Waals surface area contributed by atoms with Crippen molar-refractivity contribution in [2.75, 3.05) is 13.2 Å². The van der Waals surface area contributed by atoms with Gasteiger partial charge in [-0.05, 0) is 61.0 Å². The van der Waals surface area contributed by atoms with Crippen LogP contribution in [0.5, 0.6) is 11.5 Å². The van der Waals surface area contributed by atoms with Gasteiger partial charge >= 0.3 is 0 Å². The summed E-state index contributed by atoms with van der Waals surface area (Å²) < 4.78 is 18.6. The minimum atomic E-state index is -0.350. The number of para-hydroxylation sites is 1. The van der Waals surface area contributed by atoms with E-state index in [0.717, 1.165) is 5.39 Å². The number of benzene rings is 3. The smallest absolute Gasteiger partial charge is 0.282 e. The largest absolute Gasteiger partial charge is 0.490 e. The molecule has 9 heteroatoms. The van der Waals surface area contributed by atoms with Gasteiger partial charge in [0.05, 0.1) is 28.7 Å². The first-order chi connectivity index (χ1) is 18.0. The van der Waals surface area contributed by atoms with Gasteiger partial charge in [-0.2, -0.15) is 9.78 Å². The first-order valence-corrected chi connectivity index (χ1v) is 12.2. The van der Waals surface area contributed by atoms with Crippen molar-refractivity contribution in [3.63, 3.8) is 0 Å². The molecule has 0 aliphatic rings. The number of ether oxygens (including phenoxy) is 2. The Hall–Kier alpha value is -4.07. The third-order valence-electron chi connectivity index (χ3n) is 5.45. The molecule has 5 aromatic rings. The Morgan fingerprint density at radius 1 is 1.11 bits per heavy atom. The molecule has 0 atom stereocenters. The highest BCUT2D eigenvalue weighted by Crippen LogP contribution is 2.36. The number of rotatable bonds is 8. The fourth-order valence-electron chi connectivity index (χ4n) is 3.85. The Labute approximate surface area is 222 Å². The van der Waals surface area contributed by atoms with Crippen molar-refractivity contribution in [1.29, 1.82) is 0 Å². The van der Waals surface area contributed by atoms with Crippen molar-refractivity contribution in [1.82, 2.24) is 9.66 Å². The summed E-state index contributed by atoms with van der Waals surface area (Å²) in [5, 5.41) is 6.60. The summed E-state index contributed by atoms with van der Waals surface area (Å²) in [6, 6.07) is 17.5. The van der Waals surface area contributed by atoms with Gasteiger partial charge in [-0.25, -0.2) is 4.98 Å². The number of hydrogen-bond donors (Lipinski definition) is 0. The zero-order valence-electron chi connectivity index (χ0n) is 19.8. The summed E-state index contributed by atoms with van der Waals surface area (Å²) in [7, 11) is 0. The number of aromatic nitrogens is 2. The van der Waals surface area contributed by atoms with Crippen LogP contribution in [0.15, 0.2) is 87.6 Å². The molecule has 0 N–H and O–H groups in total. The number of halogens is 2. The van der Waals surface area contributed by atoms with Crippen LogP contribution < -0.4 is 15.0 Å². The zero-order chi connectivity index (χ0) is 25.9. The monoisotopic (exact) mass is 533 g/mol. The predicted molar refractivity (Wildman–Crippen MR) is 148 cm³/mol. The number of furan rings is 1. The molecule has 0 radical (unpaired) electrons. The average molecular weight is 534 g/mol. The first-order valence-electron chi connectivity index (χ1n) is 11.4. The maximum Gasteiger partial charge on any atom is 0.282 e. The Morgan fingerprint density at radius 3 is 2.76 bits per heavy atom. The van der Waals surface area contributed by atoms with E-state index in [9.17, 15) is 4.79 Å². The maximum atomic E-state index is 13.5. The molecule has 0 aliphatic heterocycles. The molecule has 0 unspecified atom stereocenters. The lowest BCUT2D eigenvalue weighted by Crippen LogP contribution is -2.20. The maximum absolute atomic E-state index is 13.5. The molecule has 0 saturated heterocycles. The third kappa shape index (κ3) is 4.96. The Balaban J connectivity index is 1.65. The van der Waals surface area contributed by atoms with Gasteiger partial charge in [-0.1, -0.05) is 48.0 Å². The van der Waals surface area contributed by atoms with Crippen LogP contribution in [-0.4, -0.2) is 29.1 Å². The normalized spacial score (nSPS) is 11.4. The van der Waals surface area contributed by atoms with Crippen LogP contribution in [-0.2, 0) is 0 Å². The molecule has 2 heterocycles. The summed E-state index contributed by atoms with van der Waals surface area (Å²) in [5.74, 6) is 1.48. The highest BCUT2D eigenvalue weighted by atomic mass is 35.5. The summed E-state index contributed by atoms with van der Waals surface area (Å²) in [5.41, 5.74) is 1.39. The van der Waals surface area contributed by atoms with Crippen LogP contribution in [0, 0.1) is 0 Å². The van der Waals surface area contributed by atoms with Crippen LogP contribution >= 0.6 is 23.2 Å². The standard InChI is InChI=1S/C28H21Cl2N3O4/c1-3-11-36-26-21(30)12-17(13-24(26)35-4-2)16-31-33-27(32-22-8-6-5-7-20(22)28(33)34)25-15-18-14-19(29)9-10-23(18)37-25/h3,5-10,12-16H,1,4,11H2,2H3. The molecular formula is C28H21Cl2N3O4. The molecular weight excluding hydrogens is 513 g/mol. The number of hydrogen-bond acceptors (Lipinski definition) is 6. The van der Waals surface area contributed by atoms with Crippen molar-refractivity contribution in [3.05, 3.63) is 99.3 Å². The highest BCUT2D eigenvalue weighted by Gasteiger charge is 2.17. The first kappa shape index (κ1) is 24.6. The van der Waals surface area contributed by atoms with E-state index in [-0.39, 0.29) is 18.0 Å². The number of fused-ring (bicyclic) bond motifs is 2. The summed E-state index contributed by atoms with van der Waals surface area (Å²) >= 11 is 12.6. The van der Waals surface area contributed by atoms with Crippen molar-refractivity contribution < 1.29 is 13.9 Å². The molecule has 0 spiro atoms. The molecule has 2 aromatic heterocycles. The van der Waals surface area contributed by atoms with E-state index in [1.807, 2.05) is 13.0 Å². The van der Waals surface area contributed by atoms with Gasteiger partial charge in [0.25, 0.3) is 5.56 Å². The van der Waals surface area contributed by atoms with Crippen molar-refractivity contribution in [2.24, 2.45) is 5.10 Å². The van der Waals surface area contributed by atoms with E-state index in [4.69, 9.17) is 42.1 Å². The predicted octanol–water partition coefficient (Wildman–Crippen LogP) is 6.96. The second-order valence-electron chi connectivity index (χ2n) is 7.97. The fraction of sp³-hybridized carbons (Fsp3) is 0.107. The van der Waals surface area contributed by atoms with Crippen molar-refractivity contribution >= 4 is 51.3 Å². The molecule has 0 aliphatic carbocycles. The average Bonchev–Trinajstić information content (AvgIpc) is 3.31. The van der Waals surface area contributed by atoms with Gasteiger partial charge in [-0.15, -0.1) is 0 Å². The molecule has 7 nitrogen and oxygen atoms in total. The lowest BCUT2D eigenvalue weighted by atomic mass is 10.2. The van der Waals surface area contributed by atoms with E-state index in [1.165, 1.54) is 10.9 Å². The van der Waals surface area contributed by atoms with Crippen LogP contribution in [0.25, 0.3) is 33.5 Å². The highest BCUT2D eigenvalue weighted by molar-refractivity contribution is 6.32. The fourth-order valence-corrected chi connectivity index (χ4v) is 4.30. The molecule has 5 rings (SSSR count). The molecule has 0 fully saturated rings. The van der Waals surface area contributed by atoms with Gasteiger partial charge < -0.3 is 13.9 Å². The molecule has 186 valence electrons. The molecule has 0 amide bonds. The third-order valence-corrected chi connectivity index (χ3v) is 5.97. The summed E-state index contributed by atoms with van der Waals surface area (Å²) in [4.78, 5) is 18.2. The van der Waals surface area contributed by atoms with Crippen LogP contribution in [0.1, 0.15) is 12.5 Å². The van der Waals surface area contributed by atoms with E-state index >= 15 is 0 Å². The van der Waals surface area contributed by atoms with E-state index < -0.39 is 0 Å². The minimum Gasteiger partial charge on any atom is -0.490 e. The van der Waals surface area contributed by atoms with Crippen LogP contribution in [0.2, 0.25) is 10.0 Å². The van der Waals surface area contributed by atoms with E-state index in [0.29, 0.717) is 56.0 Å². The van der Waals surface area contributed by atoms with Gasteiger partial charge in [-0.3, -0.25) is 4.79 Å². The summed E-state index contributed by atoms with van der Waals surface area (Å²) in [6.07, 6.45) is 3.13. The lowest BCUT2D eigenvalue weighted by Gasteiger charge is -2.13. The second-order valence-corrected chi connectivity index (χ2v) is 8.81. The lowest BCUT2D eigenvalue weighted by molar-refractivity contribution is 0.297. The van der Waals surface area contributed by atoms with Gasteiger partial charge in [0.15, 0.2) is 17.3 Å². The quantitative estimate of drug-likeness (QED) is 0.159. The Bertz CT molecular complexity index is 1720. The molecule has 3 aromatic carbocycles. The topological polar surface area (TPSA) is 78.9 Å². The van der Waals surface area contributed by atoms with Crippen molar-refractivity contribution in [2.45, 2.75) is 6.92 Å². The molecule has 37 heavy (non-hydrogen) atoms. The second kappa shape index (κ2) is 10.5. The minimum absolute atomic E-state index is 0.245. The number of nitrogens with zero attached hydrogens (tertiary/aromatic N) is 3. The van der Waals surface area contributed by atoms with Crippen LogP contribution in [0.4, 0.5) is 0 Å². The van der Waals surface area contributed by atoms with Crippen molar-refractivity contribution in [3.8, 4) is 23.1 Å². The van der Waals surface area contributed by atoms with Gasteiger partial charge in [0.2, 0.25) is 5.82 Å². The summed E-state index contributed by atoms with van der Waals surface area (Å²) in [6.45, 7) is 6.21. The molecule has 0 bridgehead atoms. The Morgan fingerprint density at radius 2 is 1.95 bits per heavy atom. The van der Waals surface area contributed by atoms with Gasteiger partial charge in [0.1, 0.15) is 12.2 Å². The SMILES string of the molecule is C=CCOc1c(Cl)cc(C=Nn2c(-c3cc4cc(Cl)ccc4o3)nc3ccccc3c2=O)cc1OCC. The molecule has 0 saturated carbocycles. The van der Waals surface area contributed by atoms with Gasteiger partial charge in [0, 0.05) is 10.4 Å².